The Morgan fingerprint density at radius 3 is 2.64 bits per heavy atom. The molecule has 0 spiro atoms. The van der Waals surface area contributed by atoms with E-state index in [4.69, 9.17) is 27.9 Å². The molecule has 2 aromatic rings. The molecule has 25 heavy (non-hydrogen) atoms. The third kappa shape index (κ3) is 3.43. The van der Waals surface area contributed by atoms with E-state index >= 15 is 0 Å². The molecule has 1 heterocycles. The Balaban J connectivity index is 1.87. The Bertz CT molecular complexity index is 854. The van der Waals surface area contributed by atoms with Crippen LogP contribution in [0.5, 0.6) is 5.75 Å². The van der Waals surface area contributed by atoms with Gasteiger partial charge in [-0.25, -0.2) is 0 Å². The van der Waals surface area contributed by atoms with Crippen LogP contribution in [-0.2, 0) is 4.79 Å². The third-order valence-electron chi connectivity index (χ3n) is 3.92. The van der Waals surface area contributed by atoms with Crippen LogP contribution in [0.3, 0.4) is 0 Å². The van der Waals surface area contributed by atoms with E-state index in [2.05, 4.69) is 5.32 Å². The monoisotopic (exact) mass is 378 g/mol. The van der Waals surface area contributed by atoms with Crippen LogP contribution in [0.4, 0.5) is 11.4 Å². The standard InChI is InChI=1S/C18H16Cl2N2O3/c1-3-22-15-9-12(5-7-16(15)25-10(2)18(22)24)21-17(23)11-4-6-13(19)14(20)8-11/h4-10H,3H2,1-2H3,(H,21,23). The lowest BCUT2D eigenvalue weighted by molar-refractivity contribution is -0.125. The van der Waals surface area contributed by atoms with E-state index in [9.17, 15) is 9.59 Å². The maximum absolute atomic E-state index is 12.4. The number of amides is 2. The minimum Gasteiger partial charge on any atom is -0.479 e. The van der Waals surface area contributed by atoms with E-state index in [-0.39, 0.29) is 11.8 Å². The minimum absolute atomic E-state index is 0.108. The lowest BCUT2D eigenvalue weighted by Crippen LogP contribution is -2.44. The summed E-state index contributed by atoms with van der Waals surface area (Å²) in [5.41, 5.74) is 1.58. The molecule has 0 radical (unpaired) electrons. The van der Waals surface area contributed by atoms with Crippen LogP contribution in [-0.4, -0.2) is 24.5 Å². The van der Waals surface area contributed by atoms with E-state index in [0.717, 1.165) is 0 Å². The number of nitrogens with one attached hydrogen (secondary N) is 1. The molecule has 130 valence electrons. The Hall–Kier alpha value is -2.24. The molecule has 1 aliphatic heterocycles. The zero-order valence-electron chi connectivity index (χ0n) is 13.7. The highest BCUT2D eigenvalue weighted by atomic mass is 35.5. The largest absolute Gasteiger partial charge is 0.479 e. The van der Waals surface area contributed by atoms with Gasteiger partial charge in [0.2, 0.25) is 0 Å². The van der Waals surface area contributed by atoms with Crippen molar-refractivity contribution >= 4 is 46.4 Å². The number of carbonyl (C=O) groups is 2. The Morgan fingerprint density at radius 2 is 1.96 bits per heavy atom. The number of likely N-dealkylation sites (N-methyl/N-ethyl adjacent to an activating group) is 1. The first kappa shape index (κ1) is 17.6. The van der Waals surface area contributed by atoms with Crippen molar-refractivity contribution in [2.45, 2.75) is 20.0 Å². The average Bonchev–Trinajstić information content (AvgIpc) is 2.59. The molecule has 0 aromatic heterocycles. The van der Waals surface area contributed by atoms with Crippen LogP contribution in [0.25, 0.3) is 0 Å². The number of anilines is 2. The van der Waals surface area contributed by atoms with Gasteiger partial charge >= 0.3 is 0 Å². The maximum atomic E-state index is 12.4. The first-order valence-corrected chi connectivity index (χ1v) is 8.54. The van der Waals surface area contributed by atoms with Crippen molar-refractivity contribution in [3.05, 3.63) is 52.0 Å². The van der Waals surface area contributed by atoms with Crippen LogP contribution in [0, 0.1) is 0 Å². The van der Waals surface area contributed by atoms with Gasteiger partial charge in [0.15, 0.2) is 6.10 Å². The summed E-state index contributed by atoms with van der Waals surface area (Å²) in [6.45, 7) is 4.12. The van der Waals surface area contributed by atoms with E-state index in [1.165, 1.54) is 6.07 Å². The van der Waals surface area contributed by atoms with Crippen LogP contribution in [0.1, 0.15) is 24.2 Å². The maximum Gasteiger partial charge on any atom is 0.267 e. The summed E-state index contributed by atoms with van der Waals surface area (Å²) in [4.78, 5) is 26.3. The van der Waals surface area contributed by atoms with Crippen molar-refractivity contribution in [2.24, 2.45) is 0 Å². The number of fused-ring (bicyclic) bond motifs is 1. The summed E-state index contributed by atoms with van der Waals surface area (Å²) in [6, 6.07) is 9.85. The minimum atomic E-state index is -0.524. The lowest BCUT2D eigenvalue weighted by Gasteiger charge is -2.32. The number of ether oxygens (including phenoxy) is 1. The van der Waals surface area contributed by atoms with Crippen LogP contribution >= 0.6 is 23.2 Å². The smallest absolute Gasteiger partial charge is 0.267 e. The first-order valence-electron chi connectivity index (χ1n) is 7.79. The topological polar surface area (TPSA) is 58.6 Å². The second-order valence-electron chi connectivity index (χ2n) is 5.61. The second kappa shape index (κ2) is 6.94. The highest BCUT2D eigenvalue weighted by Gasteiger charge is 2.30. The number of hydrogen-bond acceptors (Lipinski definition) is 3. The summed E-state index contributed by atoms with van der Waals surface area (Å²) in [5.74, 6) is 0.183. The lowest BCUT2D eigenvalue weighted by atomic mass is 10.1. The third-order valence-corrected chi connectivity index (χ3v) is 4.66. The van der Waals surface area contributed by atoms with Gasteiger partial charge in [0, 0.05) is 17.8 Å². The first-order chi connectivity index (χ1) is 11.9. The van der Waals surface area contributed by atoms with Crippen LogP contribution in [0.15, 0.2) is 36.4 Å². The molecule has 7 heteroatoms. The molecule has 1 aliphatic rings. The average molecular weight is 379 g/mol. The molecule has 3 rings (SSSR count). The molecule has 2 aromatic carbocycles. The normalized spacial score (nSPS) is 16.2. The Labute approximate surface area is 155 Å². The fourth-order valence-electron chi connectivity index (χ4n) is 2.65. The van der Waals surface area contributed by atoms with Gasteiger partial charge < -0.3 is 15.0 Å². The van der Waals surface area contributed by atoms with Crippen molar-refractivity contribution in [1.29, 1.82) is 0 Å². The quantitative estimate of drug-likeness (QED) is 0.861. The van der Waals surface area contributed by atoms with E-state index in [1.807, 2.05) is 6.92 Å². The highest BCUT2D eigenvalue weighted by Crippen LogP contribution is 2.36. The van der Waals surface area contributed by atoms with Crippen LogP contribution in [0.2, 0.25) is 10.0 Å². The molecule has 0 saturated carbocycles. The van der Waals surface area contributed by atoms with Crippen molar-refractivity contribution in [3.8, 4) is 5.75 Å². The van der Waals surface area contributed by atoms with Crippen molar-refractivity contribution in [1.82, 2.24) is 0 Å². The Kier molecular flexibility index (Phi) is 4.88. The fraction of sp³-hybridized carbons (Fsp3) is 0.222. The van der Waals surface area contributed by atoms with Gasteiger partial charge in [-0.1, -0.05) is 23.2 Å². The molecule has 1 N–H and O–H groups in total. The number of halogens is 2. The molecule has 0 aliphatic carbocycles. The van der Waals surface area contributed by atoms with E-state index in [0.29, 0.717) is 39.3 Å². The Morgan fingerprint density at radius 1 is 1.20 bits per heavy atom. The zero-order chi connectivity index (χ0) is 18.1. The predicted molar refractivity (Wildman–Crippen MR) is 99.0 cm³/mol. The second-order valence-corrected chi connectivity index (χ2v) is 6.42. The van der Waals surface area contributed by atoms with Gasteiger partial charge in [-0.2, -0.15) is 0 Å². The summed E-state index contributed by atoms with van der Waals surface area (Å²) in [7, 11) is 0. The molecule has 1 atom stereocenters. The summed E-state index contributed by atoms with van der Waals surface area (Å²) in [6.07, 6.45) is -0.524. The van der Waals surface area contributed by atoms with Gasteiger partial charge in [-0.05, 0) is 50.2 Å². The van der Waals surface area contributed by atoms with Gasteiger partial charge in [-0.3, -0.25) is 9.59 Å². The van der Waals surface area contributed by atoms with Crippen molar-refractivity contribution in [2.75, 3.05) is 16.8 Å². The molecular weight excluding hydrogens is 363 g/mol. The van der Waals surface area contributed by atoms with Gasteiger partial charge in [-0.15, -0.1) is 0 Å². The van der Waals surface area contributed by atoms with Crippen LogP contribution < -0.4 is 15.0 Å². The SMILES string of the molecule is CCN1C(=O)C(C)Oc2ccc(NC(=O)c3ccc(Cl)c(Cl)c3)cc21. The molecular formula is C18H16Cl2N2O3. The molecule has 2 amide bonds. The summed E-state index contributed by atoms with van der Waals surface area (Å²) in [5, 5.41) is 3.49. The van der Waals surface area contributed by atoms with Gasteiger partial charge in [0.1, 0.15) is 5.75 Å². The molecule has 0 saturated heterocycles. The number of hydrogen-bond donors (Lipinski definition) is 1. The zero-order valence-corrected chi connectivity index (χ0v) is 15.2. The fourth-order valence-corrected chi connectivity index (χ4v) is 2.95. The molecule has 0 bridgehead atoms. The molecule has 5 nitrogen and oxygen atoms in total. The van der Waals surface area contributed by atoms with Gasteiger partial charge in [0.05, 0.1) is 15.7 Å². The molecule has 0 fully saturated rings. The number of benzene rings is 2. The van der Waals surface area contributed by atoms with E-state index in [1.54, 1.807) is 42.2 Å². The van der Waals surface area contributed by atoms with Gasteiger partial charge in [0.25, 0.3) is 11.8 Å². The number of nitrogens with zero attached hydrogens (tertiary/aromatic N) is 1. The predicted octanol–water partition coefficient (Wildman–Crippen LogP) is 4.38. The highest BCUT2D eigenvalue weighted by molar-refractivity contribution is 6.42. The van der Waals surface area contributed by atoms with E-state index < -0.39 is 6.10 Å². The number of carbonyl (C=O) groups excluding carboxylic acids is 2. The summed E-state index contributed by atoms with van der Waals surface area (Å²) < 4.78 is 5.61. The van der Waals surface area contributed by atoms with Crippen molar-refractivity contribution < 1.29 is 14.3 Å². The molecule has 1 unspecified atom stereocenters. The number of rotatable bonds is 3. The van der Waals surface area contributed by atoms with Crippen molar-refractivity contribution in [3.63, 3.8) is 0 Å². The summed E-state index contributed by atoms with van der Waals surface area (Å²) >= 11 is 11.8.